The lowest BCUT2D eigenvalue weighted by atomic mass is 10.3. The number of hydrogen-bond acceptors (Lipinski definition) is 1. The molecule has 0 heterocycles. The number of benzene rings is 2. The van der Waals surface area contributed by atoms with Crippen molar-refractivity contribution < 1.29 is 5.11 Å². The van der Waals surface area contributed by atoms with Gasteiger partial charge in [0.15, 0.2) is 5.75 Å². The van der Waals surface area contributed by atoms with Crippen LogP contribution in [0.2, 0.25) is 0 Å². The minimum atomic E-state index is 0.0516. The molecule has 0 aliphatic rings. The number of rotatable bonds is 2. The molecule has 0 atom stereocenters. The third-order valence-corrected chi connectivity index (χ3v) is 2.76. The summed E-state index contributed by atoms with van der Waals surface area (Å²) in [6.07, 6.45) is 0. The SMILES string of the molecule is [O]c1ccc(Sc2cc[c]cc2)cc1. The molecule has 1 nitrogen and oxygen atoms in total. The van der Waals surface area contributed by atoms with Gasteiger partial charge in [-0.1, -0.05) is 23.9 Å². The lowest BCUT2D eigenvalue weighted by molar-refractivity contribution is 0.354. The maximum Gasteiger partial charge on any atom is 0.178 e. The third kappa shape index (κ3) is 2.30. The molecule has 2 aromatic rings. The van der Waals surface area contributed by atoms with Gasteiger partial charge < -0.3 is 0 Å². The van der Waals surface area contributed by atoms with Crippen LogP contribution in [0.3, 0.4) is 0 Å². The maximum absolute atomic E-state index is 10.9. The van der Waals surface area contributed by atoms with E-state index in [-0.39, 0.29) is 5.75 Å². The van der Waals surface area contributed by atoms with Gasteiger partial charge in [-0.15, -0.1) is 0 Å². The first kappa shape index (κ1) is 9.16. The van der Waals surface area contributed by atoms with Gasteiger partial charge >= 0.3 is 0 Å². The van der Waals surface area contributed by atoms with Gasteiger partial charge in [0.25, 0.3) is 0 Å². The summed E-state index contributed by atoms with van der Waals surface area (Å²) in [5.74, 6) is 0.0516. The summed E-state index contributed by atoms with van der Waals surface area (Å²) in [7, 11) is 0. The third-order valence-electron chi connectivity index (χ3n) is 1.75. The Balaban J connectivity index is 2.16. The van der Waals surface area contributed by atoms with E-state index in [2.05, 4.69) is 6.07 Å². The van der Waals surface area contributed by atoms with Gasteiger partial charge in [0.2, 0.25) is 0 Å². The summed E-state index contributed by atoms with van der Waals surface area (Å²) < 4.78 is 0. The minimum Gasteiger partial charge on any atom is -0.290 e. The van der Waals surface area contributed by atoms with Crippen molar-refractivity contribution in [2.45, 2.75) is 9.79 Å². The first-order valence-electron chi connectivity index (χ1n) is 4.26. The molecule has 0 bridgehead atoms. The van der Waals surface area contributed by atoms with Gasteiger partial charge in [-0.25, -0.2) is 0 Å². The fourth-order valence-corrected chi connectivity index (χ4v) is 1.90. The molecule has 0 saturated carbocycles. The van der Waals surface area contributed by atoms with E-state index in [1.54, 1.807) is 23.9 Å². The summed E-state index contributed by atoms with van der Waals surface area (Å²) >= 11 is 1.64. The van der Waals surface area contributed by atoms with Crippen molar-refractivity contribution in [2.24, 2.45) is 0 Å². The Morgan fingerprint density at radius 3 is 2.07 bits per heavy atom. The molecule has 68 valence electrons. The molecule has 0 aliphatic heterocycles. The van der Waals surface area contributed by atoms with E-state index in [1.807, 2.05) is 36.4 Å². The molecule has 0 amide bonds. The molecule has 0 unspecified atom stereocenters. The van der Waals surface area contributed by atoms with E-state index in [9.17, 15) is 5.11 Å². The van der Waals surface area contributed by atoms with Gasteiger partial charge in [0.05, 0.1) is 0 Å². The van der Waals surface area contributed by atoms with E-state index >= 15 is 0 Å². The summed E-state index contributed by atoms with van der Waals surface area (Å²) in [5.41, 5.74) is 0. The molecule has 2 heteroatoms. The van der Waals surface area contributed by atoms with Crippen molar-refractivity contribution in [2.75, 3.05) is 0 Å². The molecular formula is C12H8OS. The molecule has 0 N–H and O–H groups in total. The molecular weight excluding hydrogens is 192 g/mol. The Hall–Kier alpha value is -1.41. The van der Waals surface area contributed by atoms with E-state index < -0.39 is 0 Å². The zero-order valence-corrected chi connectivity index (χ0v) is 8.25. The van der Waals surface area contributed by atoms with Crippen molar-refractivity contribution in [3.05, 3.63) is 54.6 Å². The summed E-state index contributed by atoms with van der Waals surface area (Å²) in [6, 6.07) is 17.6. The molecule has 0 spiro atoms. The van der Waals surface area contributed by atoms with Gasteiger partial charge in [0.1, 0.15) is 0 Å². The van der Waals surface area contributed by atoms with Crippen LogP contribution in [0.4, 0.5) is 0 Å². The Bertz CT molecular complexity index is 394. The van der Waals surface area contributed by atoms with Crippen LogP contribution >= 0.6 is 11.8 Å². The fraction of sp³-hybridized carbons (Fsp3) is 0. The highest BCUT2D eigenvalue weighted by Gasteiger charge is 1.96. The largest absolute Gasteiger partial charge is 0.290 e. The molecule has 2 radical (unpaired) electrons. The topological polar surface area (TPSA) is 19.9 Å². The average molecular weight is 200 g/mol. The van der Waals surface area contributed by atoms with Gasteiger partial charge in [0, 0.05) is 9.79 Å². The van der Waals surface area contributed by atoms with Crippen molar-refractivity contribution in [1.29, 1.82) is 0 Å². The lowest BCUT2D eigenvalue weighted by Gasteiger charge is -1.99. The van der Waals surface area contributed by atoms with Crippen molar-refractivity contribution in [3.63, 3.8) is 0 Å². The highest BCUT2D eigenvalue weighted by molar-refractivity contribution is 7.99. The molecule has 0 saturated heterocycles. The zero-order chi connectivity index (χ0) is 9.80. The van der Waals surface area contributed by atoms with Crippen molar-refractivity contribution in [1.82, 2.24) is 0 Å². The Kier molecular flexibility index (Phi) is 2.75. The van der Waals surface area contributed by atoms with Crippen LogP contribution in [0, 0.1) is 6.07 Å². The first-order valence-corrected chi connectivity index (χ1v) is 5.07. The van der Waals surface area contributed by atoms with Crippen molar-refractivity contribution in [3.8, 4) is 5.75 Å². The Morgan fingerprint density at radius 2 is 1.43 bits per heavy atom. The van der Waals surface area contributed by atoms with Gasteiger partial charge in [-0.2, -0.15) is 0 Å². The molecule has 0 aliphatic carbocycles. The second kappa shape index (κ2) is 4.20. The van der Waals surface area contributed by atoms with E-state index in [0.29, 0.717) is 0 Å². The normalized spacial score (nSPS) is 10.0. The molecule has 2 rings (SSSR count). The average Bonchev–Trinajstić information content (AvgIpc) is 2.23. The summed E-state index contributed by atoms with van der Waals surface area (Å²) in [4.78, 5) is 2.23. The van der Waals surface area contributed by atoms with Crippen LogP contribution in [0.15, 0.2) is 58.3 Å². The fourth-order valence-electron chi connectivity index (χ4n) is 1.08. The van der Waals surface area contributed by atoms with Crippen LogP contribution in [0.5, 0.6) is 5.75 Å². The van der Waals surface area contributed by atoms with Crippen LogP contribution in [-0.2, 0) is 5.11 Å². The maximum atomic E-state index is 10.9. The Labute approximate surface area is 87.4 Å². The standard InChI is InChI=1S/C12H8OS/c13-10-6-8-12(9-7-10)14-11-4-2-1-3-5-11/h2-9H. The van der Waals surface area contributed by atoms with E-state index in [1.165, 1.54) is 0 Å². The highest BCUT2D eigenvalue weighted by Crippen LogP contribution is 2.28. The smallest absolute Gasteiger partial charge is 0.178 e. The predicted molar refractivity (Wildman–Crippen MR) is 56.0 cm³/mol. The Morgan fingerprint density at radius 1 is 0.857 bits per heavy atom. The molecule has 14 heavy (non-hydrogen) atoms. The van der Waals surface area contributed by atoms with Gasteiger partial charge in [-0.3, -0.25) is 5.11 Å². The highest BCUT2D eigenvalue weighted by atomic mass is 32.2. The van der Waals surface area contributed by atoms with Crippen LogP contribution < -0.4 is 0 Å². The monoisotopic (exact) mass is 200 g/mol. The van der Waals surface area contributed by atoms with Crippen molar-refractivity contribution >= 4 is 11.8 Å². The zero-order valence-electron chi connectivity index (χ0n) is 7.44. The molecule has 2 aromatic carbocycles. The summed E-state index contributed by atoms with van der Waals surface area (Å²) in [5, 5.41) is 10.9. The van der Waals surface area contributed by atoms with Crippen LogP contribution in [0.1, 0.15) is 0 Å². The minimum absolute atomic E-state index is 0.0516. The number of hydrogen-bond donors (Lipinski definition) is 0. The quantitative estimate of drug-likeness (QED) is 0.722. The van der Waals surface area contributed by atoms with Gasteiger partial charge in [-0.05, 0) is 42.5 Å². The molecule has 0 fully saturated rings. The second-order valence-electron chi connectivity index (χ2n) is 2.81. The van der Waals surface area contributed by atoms with Crippen LogP contribution in [-0.4, -0.2) is 0 Å². The van der Waals surface area contributed by atoms with E-state index in [0.717, 1.165) is 9.79 Å². The first-order chi connectivity index (χ1) is 6.84. The van der Waals surface area contributed by atoms with Crippen LogP contribution in [0.25, 0.3) is 0 Å². The molecule has 0 aromatic heterocycles. The summed E-state index contributed by atoms with van der Waals surface area (Å²) in [6.45, 7) is 0. The predicted octanol–water partition coefficient (Wildman–Crippen LogP) is 3.78. The second-order valence-corrected chi connectivity index (χ2v) is 3.96. The lowest BCUT2D eigenvalue weighted by Crippen LogP contribution is -1.71. The van der Waals surface area contributed by atoms with E-state index in [4.69, 9.17) is 0 Å².